The van der Waals surface area contributed by atoms with Crippen molar-refractivity contribution in [3.8, 4) is 0 Å². The van der Waals surface area contributed by atoms with Gasteiger partial charge < -0.3 is 20.4 Å². The summed E-state index contributed by atoms with van der Waals surface area (Å²) in [6.07, 6.45) is 0. The number of pyridine rings is 1. The van der Waals surface area contributed by atoms with Crippen LogP contribution in [0.2, 0.25) is 0 Å². The summed E-state index contributed by atoms with van der Waals surface area (Å²) in [7, 11) is 1.57. The molecule has 0 radical (unpaired) electrons. The highest BCUT2D eigenvalue weighted by molar-refractivity contribution is 5.80. The Morgan fingerprint density at radius 1 is 1.29 bits per heavy atom. The third-order valence-electron chi connectivity index (χ3n) is 3.11. The van der Waals surface area contributed by atoms with Gasteiger partial charge in [0.15, 0.2) is 0 Å². The lowest BCUT2D eigenvalue weighted by molar-refractivity contribution is 0.196. The zero-order valence-corrected chi connectivity index (χ0v) is 12.2. The first kappa shape index (κ1) is 15.1. The van der Waals surface area contributed by atoms with Gasteiger partial charge in [-0.25, -0.2) is 4.79 Å². The molecule has 112 valence electrons. The van der Waals surface area contributed by atoms with E-state index in [1.165, 1.54) is 0 Å². The Morgan fingerprint density at radius 2 is 2.10 bits per heavy atom. The number of methoxy groups -OCH3 is 1. The summed E-state index contributed by atoms with van der Waals surface area (Å²) in [6, 6.07) is 7.29. The molecule has 0 aliphatic heterocycles. The molecule has 0 unspecified atom stereocenters. The smallest absolute Gasteiger partial charge is 0.315 e. The van der Waals surface area contributed by atoms with Crippen molar-refractivity contribution >= 4 is 16.9 Å². The fourth-order valence-electron chi connectivity index (χ4n) is 2.01. The van der Waals surface area contributed by atoms with Gasteiger partial charge in [-0.2, -0.15) is 0 Å². The van der Waals surface area contributed by atoms with Gasteiger partial charge in [0.2, 0.25) is 0 Å². The lowest BCUT2D eigenvalue weighted by Gasteiger charge is -2.08. The number of aryl methyl sites for hydroxylation is 1. The first-order chi connectivity index (χ1) is 10.1. The fraction of sp³-hybridized carbons (Fsp3) is 0.333. The molecule has 2 rings (SSSR count). The second kappa shape index (κ2) is 6.90. The van der Waals surface area contributed by atoms with Crippen LogP contribution in [-0.2, 0) is 11.3 Å². The Morgan fingerprint density at radius 3 is 2.86 bits per heavy atom. The molecule has 0 aliphatic rings. The molecule has 0 spiro atoms. The summed E-state index contributed by atoms with van der Waals surface area (Å²) >= 11 is 0. The molecule has 21 heavy (non-hydrogen) atoms. The number of hydrogen-bond acceptors (Lipinski definition) is 3. The highest BCUT2D eigenvalue weighted by atomic mass is 16.5. The second-order valence-corrected chi connectivity index (χ2v) is 4.82. The number of ether oxygens (including phenoxy) is 1. The summed E-state index contributed by atoms with van der Waals surface area (Å²) in [5.41, 5.74) is 2.24. The number of amides is 2. The molecule has 2 amide bonds. The number of aromatic nitrogens is 1. The van der Waals surface area contributed by atoms with Gasteiger partial charge in [0.05, 0.1) is 6.61 Å². The number of rotatable bonds is 5. The van der Waals surface area contributed by atoms with E-state index in [2.05, 4.69) is 15.6 Å². The Kier molecular flexibility index (Phi) is 4.94. The number of benzene rings is 1. The minimum atomic E-state index is -0.323. The van der Waals surface area contributed by atoms with Crippen molar-refractivity contribution < 1.29 is 9.53 Å². The number of carbonyl (C=O) groups excluding carboxylic acids is 1. The molecule has 1 aromatic carbocycles. The van der Waals surface area contributed by atoms with Gasteiger partial charge in [-0.3, -0.25) is 4.79 Å². The maximum atomic E-state index is 11.9. The molecule has 2 aromatic rings. The summed E-state index contributed by atoms with van der Waals surface area (Å²) in [4.78, 5) is 26.3. The molecule has 0 atom stereocenters. The standard InChI is InChI=1S/C15H19N3O3/c1-10-3-4-13-11(7-10)8-12(14(19)18-13)9-17-15(20)16-5-6-21-2/h3-4,7-8H,5-6,9H2,1-2H3,(H,18,19)(H2,16,17,20). The lowest BCUT2D eigenvalue weighted by atomic mass is 10.1. The van der Waals surface area contributed by atoms with Crippen LogP contribution in [-0.4, -0.2) is 31.3 Å². The van der Waals surface area contributed by atoms with Crippen LogP contribution >= 0.6 is 0 Å². The average Bonchev–Trinajstić information content (AvgIpc) is 2.46. The van der Waals surface area contributed by atoms with Crippen LogP contribution in [0, 0.1) is 6.92 Å². The minimum Gasteiger partial charge on any atom is -0.383 e. The van der Waals surface area contributed by atoms with Crippen LogP contribution in [0.3, 0.4) is 0 Å². The van der Waals surface area contributed by atoms with Crippen LogP contribution < -0.4 is 16.2 Å². The molecule has 6 nitrogen and oxygen atoms in total. The maximum Gasteiger partial charge on any atom is 0.315 e. The van der Waals surface area contributed by atoms with E-state index in [4.69, 9.17) is 4.74 Å². The SMILES string of the molecule is COCCNC(=O)NCc1cc2cc(C)ccc2[nH]c1=O. The molecular weight excluding hydrogens is 270 g/mol. The number of hydrogen-bond donors (Lipinski definition) is 3. The largest absolute Gasteiger partial charge is 0.383 e. The summed E-state index contributed by atoms with van der Waals surface area (Å²) in [6.45, 7) is 3.04. The van der Waals surface area contributed by atoms with E-state index >= 15 is 0 Å². The minimum absolute atomic E-state index is 0.179. The predicted molar refractivity (Wildman–Crippen MR) is 81.4 cm³/mol. The van der Waals surface area contributed by atoms with Gasteiger partial charge in [-0.05, 0) is 30.5 Å². The van der Waals surface area contributed by atoms with E-state index in [0.717, 1.165) is 16.5 Å². The number of nitrogens with one attached hydrogen (secondary N) is 3. The average molecular weight is 289 g/mol. The van der Waals surface area contributed by atoms with Crippen LogP contribution in [0.15, 0.2) is 29.1 Å². The van der Waals surface area contributed by atoms with Crippen molar-refractivity contribution in [3.63, 3.8) is 0 Å². The monoisotopic (exact) mass is 289 g/mol. The maximum absolute atomic E-state index is 11.9. The number of aromatic amines is 1. The highest BCUT2D eigenvalue weighted by Crippen LogP contribution is 2.12. The van der Waals surface area contributed by atoms with Crippen molar-refractivity contribution in [1.29, 1.82) is 0 Å². The Hall–Kier alpha value is -2.34. The van der Waals surface area contributed by atoms with E-state index in [0.29, 0.717) is 18.7 Å². The topological polar surface area (TPSA) is 83.2 Å². The van der Waals surface area contributed by atoms with E-state index in [-0.39, 0.29) is 18.1 Å². The van der Waals surface area contributed by atoms with E-state index < -0.39 is 0 Å². The fourth-order valence-corrected chi connectivity index (χ4v) is 2.01. The second-order valence-electron chi connectivity index (χ2n) is 4.82. The zero-order valence-electron chi connectivity index (χ0n) is 12.2. The van der Waals surface area contributed by atoms with Gasteiger partial charge in [-0.15, -0.1) is 0 Å². The van der Waals surface area contributed by atoms with Gasteiger partial charge in [0.1, 0.15) is 0 Å². The van der Waals surface area contributed by atoms with E-state index in [1.807, 2.05) is 25.1 Å². The van der Waals surface area contributed by atoms with Gasteiger partial charge in [-0.1, -0.05) is 11.6 Å². The van der Waals surface area contributed by atoms with E-state index in [1.54, 1.807) is 13.2 Å². The van der Waals surface area contributed by atoms with E-state index in [9.17, 15) is 9.59 Å². The number of fused-ring (bicyclic) bond motifs is 1. The quantitative estimate of drug-likeness (QED) is 0.725. The third-order valence-corrected chi connectivity index (χ3v) is 3.11. The molecule has 1 heterocycles. The first-order valence-electron chi connectivity index (χ1n) is 6.73. The van der Waals surface area contributed by atoms with Crippen molar-refractivity contribution in [2.75, 3.05) is 20.3 Å². The molecule has 0 bridgehead atoms. The molecule has 0 fully saturated rings. The molecule has 0 saturated heterocycles. The summed E-state index contributed by atoms with van der Waals surface area (Å²) in [5, 5.41) is 6.23. The molecule has 1 aromatic heterocycles. The van der Waals surface area contributed by atoms with Crippen LogP contribution in [0.4, 0.5) is 4.79 Å². The number of urea groups is 1. The van der Waals surface area contributed by atoms with Crippen LogP contribution in [0.1, 0.15) is 11.1 Å². The normalized spacial score (nSPS) is 10.6. The van der Waals surface area contributed by atoms with Crippen LogP contribution in [0.25, 0.3) is 10.9 Å². The zero-order chi connectivity index (χ0) is 15.2. The van der Waals surface area contributed by atoms with Crippen molar-refractivity contribution in [1.82, 2.24) is 15.6 Å². The lowest BCUT2D eigenvalue weighted by Crippen LogP contribution is -2.37. The number of H-pyrrole nitrogens is 1. The molecule has 0 saturated carbocycles. The Bertz CT molecular complexity index is 694. The Balaban J connectivity index is 2.06. The van der Waals surface area contributed by atoms with Gasteiger partial charge >= 0.3 is 6.03 Å². The highest BCUT2D eigenvalue weighted by Gasteiger charge is 2.05. The third kappa shape index (κ3) is 4.06. The number of carbonyl (C=O) groups is 1. The summed E-state index contributed by atoms with van der Waals surface area (Å²) in [5.74, 6) is 0. The first-order valence-corrected chi connectivity index (χ1v) is 6.73. The molecule has 3 N–H and O–H groups in total. The molecule has 0 aliphatic carbocycles. The van der Waals surface area contributed by atoms with Crippen LogP contribution in [0.5, 0.6) is 0 Å². The van der Waals surface area contributed by atoms with Gasteiger partial charge in [0.25, 0.3) is 5.56 Å². The molecular formula is C15H19N3O3. The molecule has 6 heteroatoms. The Labute approximate surface area is 122 Å². The van der Waals surface area contributed by atoms with Crippen molar-refractivity contribution in [2.45, 2.75) is 13.5 Å². The summed E-state index contributed by atoms with van der Waals surface area (Å²) < 4.78 is 4.84. The predicted octanol–water partition coefficient (Wildman–Crippen LogP) is 1.28. The van der Waals surface area contributed by atoms with Crippen molar-refractivity contribution in [3.05, 3.63) is 45.7 Å². The van der Waals surface area contributed by atoms with Gasteiger partial charge in [0, 0.05) is 31.3 Å². The van der Waals surface area contributed by atoms with Crippen molar-refractivity contribution in [2.24, 2.45) is 0 Å².